The fourth-order valence-corrected chi connectivity index (χ4v) is 4.52. The molecule has 1 fully saturated rings. The lowest BCUT2D eigenvalue weighted by molar-refractivity contribution is 0.0269. The molecule has 166 valence electrons. The number of nitrogens with one attached hydrogen (secondary N) is 1. The van der Waals surface area contributed by atoms with Crippen molar-refractivity contribution in [2.24, 2.45) is 0 Å². The van der Waals surface area contributed by atoms with Crippen molar-refractivity contribution < 1.29 is 19.2 Å². The Hall–Kier alpha value is -3.42. The van der Waals surface area contributed by atoms with E-state index in [1.54, 1.807) is 30.1 Å². The third-order valence-electron chi connectivity index (χ3n) is 5.94. The van der Waals surface area contributed by atoms with E-state index >= 15 is 0 Å². The molecular weight excluding hydrogens is 406 g/mol. The third kappa shape index (κ3) is 4.44. The Labute approximate surface area is 187 Å². The van der Waals surface area contributed by atoms with Crippen molar-refractivity contribution in [2.45, 2.75) is 32.5 Å². The van der Waals surface area contributed by atoms with Gasteiger partial charge in [0.1, 0.15) is 0 Å². The summed E-state index contributed by atoms with van der Waals surface area (Å²) in [7, 11) is 0. The normalized spacial score (nSPS) is 19.0. The number of piperazine rings is 1. The quantitative estimate of drug-likeness (QED) is 0.472. The van der Waals surface area contributed by atoms with Crippen molar-refractivity contribution in [2.75, 3.05) is 13.1 Å². The molecule has 0 spiro atoms. The first kappa shape index (κ1) is 21.8. The van der Waals surface area contributed by atoms with Crippen LogP contribution in [0, 0.1) is 0 Å². The van der Waals surface area contributed by atoms with Crippen molar-refractivity contribution >= 4 is 11.8 Å². The lowest BCUT2D eigenvalue weighted by atomic mass is 9.98. The van der Waals surface area contributed by atoms with Gasteiger partial charge in [0.2, 0.25) is 0 Å². The van der Waals surface area contributed by atoms with Gasteiger partial charge in [0, 0.05) is 48.4 Å². The molecule has 1 unspecified atom stereocenters. The molecule has 2 amide bonds. The summed E-state index contributed by atoms with van der Waals surface area (Å²) in [5, 5.41) is 8.76. The van der Waals surface area contributed by atoms with Gasteiger partial charge in [-0.15, -0.1) is 0 Å². The van der Waals surface area contributed by atoms with E-state index in [-0.39, 0.29) is 18.0 Å². The Bertz CT molecular complexity index is 1070. The van der Waals surface area contributed by atoms with Gasteiger partial charge in [0.15, 0.2) is 0 Å². The fraction of sp³-hybridized carbons (Fsp3) is 0.280. The van der Waals surface area contributed by atoms with Crippen LogP contribution >= 0.6 is 0 Å². The molecule has 2 N–H and O–H groups in total. The van der Waals surface area contributed by atoms with Crippen LogP contribution in [0.5, 0.6) is 0 Å². The standard InChI is InChI=1S/C25H27N3O4/c1-17-13-27(15-19-7-9-20(10-8-19)24(29)26-31)14-18(2)28(17)25(30)23-6-4-3-5-22(23)21-11-12-32-16-21/h3-12,16-18,31H,13-15H2,1-2H3,(H,26,29)/t17-,18?/m0/s1. The zero-order chi connectivity index (χ0) is 22.7. The molecule has 1 aliphatic heterocycles. The van der Waals surface area contributed by atoms with Gasteiger partial charge in [-0.25, -0.2) is 5.48 Å². The second-order valence-corrected chi connectivity index (χ2v) is 8.30. The molecule has 2 aromatic carbocycles. The summed E-state index contributed by atoms with van der Waals surface area (Å²) in [6, 6.07) is 16.8. The molecule has 3 aromatic rings. The van der Waals surface area contributed by atoms with Gasteiger partial charge in [-0.2, -0.15) is 0 Å². The highest BCUT2D eigenvalue weighted by atomic mass is 16.5. The van der Waals surface area contributed by atoms with Crippen molar-refractivity contribution in [3.8, 4) is 11.1 Å². The van der Waals surface area contributed by atoms with Crippen LogP contribution in [0.2, 0.25) is 0 Å². The zero-order valence-electron chi connectivity index (χ0n) is 18.2. The Kier molecular flexibility index (Phi) is 6.39. The first-order valence-corrected chi connectivity index (χ1v) is 10.7. The Morgan fingerprint density at radius 1 is 1.03 bits per heavy atom. The van der Waals surface area contributed by atoms with Crippen molar-refractivity contribution in [3.63, 3.8) is 0 Å². The molecule has 1 aromatic heterocycles. The molecule has 2 atom stereocenters. The Morgan fingerprint density at radius 2 is 1.72 bits per heavy atom. The summed E-state index contributed by atoms with van der Waals surface area (Å²) in [6.07, 6.45) is 3.27. The molecule has 0 radical (unpaired) electrons. The van der Waals surface area contributed by atoms with E-state index in [0.29, 0.717) is 11.1 Å². The van der Waals surface area contributed by atoms with E-state index in [9.17, 15) is 9.59 Å². The van der Waals surface area contributed by atoms with E-state index in [1.165, 1.54) is 0 Å². The van der Waals surface area contributed by atoms with Crippen LogP contribution in [0.25, 0.3) is 11.1 Å². The van der Waals surface area contributed by atoms with Crippen LogP contribution in [0.3, 0.4) is 0 Å². The highest BCUT2D eigenvalue weighted by molar-refractivity contribution is 6.01. The molecule has 7 heteroatoms. The summed E-state index contributed by atoms with van der Waals surface area (Å²) < 4.78 is 5.22. The van der Waals surface area contributed by atoms with E-state index in [4.69, 9.17) is 9.62 Å². The van der Waals surface area contributed by atoms with E-state index < -0.39 is 5.91 Å². The maximum absolute atomic E-state index is 13.5. The number of benzene rings is 2. The molecule has 7 nitrogen and oxygen atoms in total. The number of amides is 2. The minimum Gasteiger partial charge on any atom is -0.472 e. The van der Waals surface area contributed by atoms with Crippen LogP contribution in [-0.2, 0) is 6.54 Å². The lowest BCUT2D eigenvalue weighted by Crippen LogP contribution is -2.58. The summed E-state index contributed by atoms with van der Waals surface area (Å²) in [4.78, 5) is 29.4. The van der Waals surface area contributed by atoms with E-state index in [2.05, 4.69) is 18.7 Å². The van der Waals surface area contributed by atoms with Gasteiger partial charge >= 0.3 is 0 Å². The average Bonchev–Trinajstić information content (AvgIpc) is 3.33. The predicted octanol–water partition coefficient (Wildman–Crippen LogP) is 3.80. The van der Waals surface area contributed by atoms with Crippen molar-refractivity contribution in [1.82, 2.24) is 15.3 Å². The lowest BCUT2D eigenvalue weighted by Gasteiger charge is -2.44. The minimum atomic E-state index is -0.526. The molecule has 0 saturated carbocycles. The number of hydrogen-bond acceptors (Lipinski definition) is 5. The van der Waals surface area contributed by atoms with Gasteiger partial charge in [-0.05, 0) is 49.2 Å². The summed E-state index contributed by atoms with van der Waals surface area (Å²) in [5.41, 5.74) is 5.57. The van der Waals surface area contributed by atoms with Gasteiger partial charge < -0.3 is 9.32 Å². The molecule has 32 heavy (non-hydrogen) atoms. The largest absolute Gasteiger partial charge is 0.472 e. The highest BCUT2D eigenvalue weighted by Crippen LogP contribution is 2.28. The summed E-state index contributed by atoms with van der Waals surface area (Å²) in [6.45, 7) is 6.39. The van der Waals surface area contributed by atoms with E-state index in [0.717, 1.165) is 36.3 Å². The number of nitrogens with zero attached hydrogens (tertiary/aromatic N) is 2. The Balaban J connectivity index is 1.47. The van der Waals surface area contributed by atoms with Crippen LogP contribution < -0.4 is 5.48 Å². The molecular formula is C25H27N3O4. The minimum absolute atomic E-state index is 0.0285. The summed E-state index contributed by atoms with van der Waals surface area (Å²) in [5.74, 6) is -0.498. The Morgan fingerprint density at radius 3 is 2.34 bits per heavy atom. The van der Waals surface area contributed by atoms with E-state index in [1.807, 2.05) is 47.4 Å². The van der Waals surface area contributed by atoms with Crippen LogP contribution in [0.4, 0.5) is 0 Å². The molecule has 2 heterocycles. The molecule has 1 aliphatic rings. The van der Waals surface area contributed by atoms with Gasteiger partial charge in [-0.3, -0.25) is 19.7 Å². The molecule has 1 saturated heterocycles. The monoisotopic (exact) mass is 433 g/mol. The van der Waals surface area contributed by atoms with Crippen molar-refractivity contribution in [1.29, 1.82) is 0 Å². The average molecular weight is 434 g/mol. The van der Waals surface area contributed by atoms with Gasteiger partial charge in [0.05, 0.1) is 12.5 Å². The number of furan rings is 1. The molecule has 0 bridgehead atoms. The first-order valence-electron chi connectivity index (χ1n) is 10.7. The second kappa shape index (κ2) is 9.38. The number of hydrogen-bond donors (Lipinski definition) is 2. The zero-order valence-corrected chi connectivity index (χ0v) is 18.2. The second-order valence-electron chi connectivity index (χ2n) is 8.30. The topological polar surface area (TPSA) is 86.0 Å². The number of carbonyl (C=O) groups excluding carboxylic acids is 2. The smallest absolute Gasteiger partial charge is 0.274 e. The van der Waals surface area contributed by atoms with Crippen LogP contribution in [0.15, 0.2) is 71.5 Å². The number of carbonyl (C=O) groups is 2. The molecule has 0 aliphatic carbocycles. The van der Waals surface area contributed by atoms with Gasteiger partial charge in [-0.1, -0.05) is 30.3 Å². The first-order chi connectivity index (χ1) is 15.5. The number of hydroxylamine groups is 1. The predicted molar refractivity (Wildman–Crippen MR) is 120 cm³/mol. The number of rotatable bonds is 5. The van der Waals surface area contributed by atoms with Crippen molar-refractivity contribution in [3.05, 3.63) is 83.8 Å². The maximum atomic E-state index is 13.5. The highest BCUT2D eigenvalue weighted by Gasteiger charge is 2.34. The maximum Gasteiger partial charge on any atom is 0.274 e. The SMILES string of the molecule is CC1CN(Cc2ccc(C(=O)NO)cc2)C[C@H](C)N1C(=O)c1ccccc1-c1ccoc1. The van der Waals surface area contributed by atoms with Crippen LogP contribution in [-0.4, -0.2) is 52.0 Å². The summed E-state index contributed by atoms with van der Waals surface area (Å²) >= 11 is 0. The van der Waals surface area contributed by atoms with Crippen LogP contribution in [0.1, 0.15) is 40.1 Å². The van der Waals surface area contributed by atoms with Gasteiger partial charge in [0.25, 0.3) is 11.8 Å². The fourth-order valence-electron chi connectivity index (χ4n) is 4.52. The molecule has 4 rings (SSSR count). The third-order valence-corrected chi connectivity index (χ3v) is 5.94.